The maximum atomic E-state index is 8.88. The van der Waals surface area contributed by atoms with E-state index in [-0.39, 0.29) is 57.5 Å². The van der Waals surface area contributed by atoms with Gasteiger partial charge in [-0.1, -0.05) is 0 Å². The molecule has 0 amide bonds. The van der Waals surface area contributed by atoms with Crippen LogP contribution in [0.1, 0.15) is 0 Å². The van der Waals surface area contributed by atoms with Gasteiger partial charge in [-0.15, -0.1) is 0 Å². The van der Waals surface area contributed by atoms with Crippen molar-refractivity contribution in [3.63, 3.8) is 0 Å². The van der Waals surface area contributed by atoms with E-state index in [0.717, 1.165) is 0 Å². The second-order valence-corrected chi connectivity index (χ2v) is 1.76. The zero-order valence-electron chi connectivity index (χ0n) is 5.58. The molecular formula is H6KN2O7P. The summed E-state index contributed by atoms with van der Waals surface area (Å²) >= 11 is 0. The molecule has 0 spiro atoms. The van der Waals surface area contributed by atoms with Crippen LogP contribution in [0, 0.1) is 15.3 Å². The maximum absolute atomic E-state index is 8.88. The largest absolute Gasteiger partial charge is 1.00 e. The van der Waals surface area contributed by atoms with E-state index in [4.69, 9.17) is 34.6 Å². The predicted molar refractivity (Wildman–Crippen MR) is 29.6 cm³/mol. The quantitative estimate of drug-likeness (QED) is 0.137. The Morgan fingerprint density at radius 2 is 1.18 bits per heavy atom. The number of nitrogens with zero attached hydrogens (tertiary/aromatic N) is 1. The van der Waals surface area contributed by atoms with Gasteiger partial charge in [0.15, 0.2) is 0 Å². The van der Waals surface area contributed by atoms with Gasteiger partial charge in [-0.2, -0.15) is 0 Å². The molecule has 0 aromatic heterocycles. The number of rotatable bonds is 0. The molecule has 0 aliphatic rings. The molecule has 0 atom stereocenters. The molecule has 0 saturated heterocycles. The Morgan fingerprint density at radius 3 is 1.18 bits per heavy atom. The Kier molecular flexibility index (Phi) is 22.5. The third-order valence-electron chi connectivity index (χ3n) is 0. The number of hydrogen-bond donors (Lipinski definition) is 4. The molecule has 0 radical (unpaired) electrons. The van der Waals surface area contributed by atoms with Gasteiger partial charge in [-0.05, 0) is 0 Å². The Hall–Kier alpha value is 0.906. The molecule has 0 aromatic rings. The van der Waals surface area contributed by atoms with Crippen molar-refractivity contribution in [2.45, 2.75) is 0 Å². The fourth-order valence-corrected chi connectivity index (χ4v) is 0. The molecule has 6 N–H and O–H groups in total. The topological polar surface area (TPSA) is 179 Å². The summed E-state index contributed by atoms with van der Waals surface area (Å²) in [7, 11) is -4.64. The molecule has 11 heteroatoms. The maximum Gasteiger partial charge on any atom is 1.00 e. The molecule has 0 unspecified atom stereocenters. The van der Waals surface area contributed by atoms with Crippen molar-refractivity contribution in [2.24, 2.45) is 0 Å². The van der Waals surface area contributed by atoms with Gasteiger partial charge in [0, 0.05) is 0 Å². The van der Waals surface area contributed by atoms with Crippen LogP contribution < -0.4 is 57.5 Å². The summed E-state index contributed by atoms with van der Waals surface area (Å²) in [5, 5.41) is 14.8. The van der Waals surface area contributed by atoms with Crippen molar-refractivity contribution in [3.8, 4) is 0 Å². The standard InChI is InChI=1S/K.NO3.H3N.H3O4P/c;2-1(3)4;;1-5(2,3)4/h;;1H3;(H3,1,2,3,4)/q+1;-1;;. The molecule has 0 saturated carbocycles. The summed E-state index contributed by atoms with van der Waals surface area (Å²) < 4.78 is 8.88. The minimum Gasteiger partial charge on any atom is -0.356 e. The van der Waals surface area contributed by atoms with Crippen LogP contribution in [0.3, 0.4) is 0 Å². The third kappa shape index (κ3) is 1050. The van der Waals surface area contributed by atoms with Gasteiger partial charge in [-0.25, -0.2) is 4.57 Å². The SMILES string of the molecule is N.O=P(O)(O)O.O=[N+]([O-])[O-].[K+]. The molecule has 0 aliphatic carbocycles. The van der Waals surface area contributed by atoms with E-state index in [9.17, 15) is 0 Å². The number of phosphoric acid groups is 1. The van der Waals surface area contributed by atoms with Gasteiger partial charge >= 0.3 is 59.2 Å². The van der Waals surface area contributed by atoms with Crippen LogP contribution in [-0.2, 0) is 4.57 Å². The summed E-state index contributed by atoms with van der Waals surface area (Å²) in [6.07, 6.45) is 0. The molecule has 9 nitrogen and oxygen atoms in total. The zero-order chi connectivity index (χ0) is 8.08. The minimum absolute atomic E-state index is 0. The van der Waals surface area contributed by atoms with Gasteiger partial charge in [0.25, 0.3) is 0 Å². The molecule has 0 fully saturated rings. The molecule has 0 aliphatic heterocycles. The van der Waals surface area contributed by atoms with Crippen LogP contribution in [-0.4, -0.2) is 19.8 Å². The molecule has 0 aromatic carbocycles. The normalized spacial score (nSPS) is 7.55. The molecule has 0 heterocycles. The van der Waals surface area contributed by atoms with Gasteiger partial charge in [0.2, 0.25) is 0 Å². The van der Waals surface area contributed by atoms with Crippen molar-refractivity contribution < 1.29 is 75.7 Å². The molecule has 0 rings (SSSR count). The van der Waals surface area contributed by atoms with Crippen molar-refractivity contribution in [1.29, 1.82) is 0 Å². The van der Waals surface area contributed by atoms with Crippen molar-refractivity contribution >= 4 is 7.82 Å². The summed E-state index contributed by atoms with van der Waals surface area (Å²) in [4.78, 5) is 29.8. The molecule has 64 valence electrons. The Labute approximate surface area is 104 Å². The predicted octanol–water partition coefficient (Wildman–Crippen LogP) is -4.00. The molecule has 0 bridgehead atoms. The number of hydrogen-bond acceptors (Lipinski definition) is 5. The van der Waals surface area contributed by atoms with Crippen LogP contribution in [0.25, 0.3) is 0 Å². The third-order valence-corrected chi connectivity index (χ3v) is 0. The fourth-order valence-electron chi connectivity index (χ4n) is 0. The summed E-state index contributed by atoms with van der Waals surface area (Å²) in [6.45, 7) is 0. The monoisotopic (exact) mass is 216 g/mol. The van der Waals surface area contributed by atoms with Gasteiger partial charge in [-0.3, -0.25) is 0 Å². The Morgan fingerprint density at radius 1 is 1.18 bits per heavy atom. The minimum atomic E-state index is -4.64. The first kappa shape index (κ1) is 22.7. The van der Waals surface area contributed by atoms with Crippen LogP contribution in [0.15, 0.2) is 0 Å². The van der Waals surface area contributed by atoms with Crippen LogP contribution in [0.5, 0.6) is 0 Å². The first-order chi connectivity index (χ1) is 3.73. The van der Waals surface area contributed by atoms with Crippen LogP contribution >= 0.6 is 7.82 Å². The first-order valence-corrected chi connectivity index (χ1v) is 2.90. The van der Waals surface area contributed by atoms with E-state index in [1.54, 1.807) is 0 Å². The van der Waals surface area contributed by atoms with E-state index in [1.165, 1.54) is 0 Å². The Balaban J connectivity index is -0.0000000383. The molecular weight excluding hydrogens is 210 g/mol. The first-order valence-electron chi connectivity index (χ1n) is 1.33. The van der Waals surface area contributed by atoms with Crippen LogP contribution in [0.4, 0.5) is 0 Å². The summed E-state index contributed by atoms with van der Waals surface area (Å²) in [5.41, 5.74) is 0. The van der Waals surface area contributed by atoms with E-state index in [2.05, 4.69) is 0 Å². The zero-order valence-corrected chi connectivity index (χ0v) is 9.59. The second kappa shape index (κ2) is 10.9. The average Bonchev–Trinajstić information content (AvgIpc) is 1.19. The summed E-state index contributed by atoms with van der Waals surface area (Å²) in [6, 6.07) is 0. The second-order valence-electron chi connectivity index (χ2n) is 0.737. The Bertz CT molecular complexity index is 116. The van der Waals surface area contributed by atoms with Gasteiger partial charge in [0.05, 0.1) is 5.09 Å². The van der Waals surface area contributed by atoms with E-state index < -0.39 is 12.9 Å². The van der Waals surface area contributed by atoms with Crippen LogP contribution in [0.2, 0.25) is 0 Å². The van der Waals surface area contributed by atoms with E-state index in [1.807, 2.05) is 0 Å². The smallest absolute Gasteiger partial charge is 0.356 e. The van der Waals surface area contributed by atoms with E-state index >= 15 is 0 Å². The van der Waals surface area contributed by atoms with Crippen molar-refractivity contribution in [1.82, 2.24) is 6.15 Å². The molecule has 11 heavy (non-hydrogen) atoms. The average molecular weight is 216 g/mol. The van der Waals surface area contributed by atoms with Gasteiger partial charge < -0.3 is 36.2 Å². The fraction of sp³-hybridized carbons (Fsp3) is 0. The van der Waals surface area contributed by atoms with E-state index in [0.29, 0.717) is 0 Å². The van der Waals surface area contributed by atoms with Crippen molar-refractivity contribution in [3.05, 3.63) is 15.3 Å². The van der Waals surface area contributed by atoms with Crippen molar-refractivity contribution in [2.75, 3.05) is 0 Å². The van der Waals surface area contributed by atoms with Gasteiger partial charge in [0.1, 0.15) is 0 Å². The summed E-state index contributed by atoms with van der Waals surface area (Å²) in [5.74, 6) is 0.